The Bertz CT molecular complexity index is 354. The summed E-state index contributed by atoms with van der Waals surface area (Å²) in [6, 6.07) is 9.94. The van der Waals surface area contributed by atoms with Gasteiger partial charge in [-0.25, -0.2) is 0 Å². The predicted molar refractivity (Wildman–Crippen MR) is 78.9 cm³/mol. The number of benzene rings is 1. The molecule has 0 aromatic heterocycles. The lowest BCUT2D eigenvalue weighted by Crippen LogP contribution is -2.39. The molecular formula is C17H27N. The maximum atomic E-state index is 3.52. The van der Waals surface area contributed by atoms with Crippen molar-refractivity contribution in [3.8, 4) is 0 Å². The van der Waals surface area contributed by atoms with E-state index in [1.807, 2.05) is 0 Å². The molecule has 0 aliphatic heterocycles. The monoisotopic (exact) mass is 245 g/mol. The summed E-state index contributed by atoms with van der Waals surface area (Å²) in [5.74, 6) is 1.71. The second-order valence-electron chi connectivity index (χ2n) is 5.95. The highest BCUT2D eigenvalue weighted by molar-refractivity contribution is 5.23. The average Bonchev–Trinajstić information content (AvgIpc) is 2.40. The van der Waals surface area contributed by atoms with Crippen LogP contribution in [0.4, 0.5) is 0 Å². The number of rotatable bonds is 4. The van der Waals surface area contributed by atoms with E-state index in [4.69, 9.17) is 0 Å². The minimum absolute atomic E-state index is 0.715. The topological polar surface area (TPSA) is 12.0 Å². The molecule has 18 heavy (non-hydrogen) atoms. The zero-order chi connectivity index (χ0) is 13.0. The van der Waals surface area contributed by atoms with Gasteiger partial charge in [-0.2, -0.15) is 0 Å². The normalized spacial score (nSPS) is 28.3. The number of hydrogen-bond acceptors (Lipinski definition) is 1. The Kier molecular flexibility index (Phi) is 4.82. The van der Waals surface area contributed by atoms with Crippen molar-refractivity contribution in [3.05, 3.63) is 35.4 Å². The second kappa shape index (κ2) is 6.38. The maximum absolute atomic E-state index is 3.52. The molecule has 3 unspecified atom stereocenters. The molecule has 0 spiro atoms. The van der Waals surface area contributed by atoms with Gasteiger partial charge in [-0.1, -0.05) is 38.1 Å². The summed E-state index contributed by atoms with van der Waals surface area (Å²) in [7, 11) is 2.12. The van der Waals surface area contributed by atoms with Gasteiger partial charge in [0.1, 0.15) is 0 Å². The Morgan fingerprint density at radius 3 is 2.39 bits per heavy atom. The predicted octanol–water partition coefficient (Wildman–Crippen LogP) is 3.82. The molecule has 1 aromatic rings. The molecule has 1 aromatic carbocycles. The van der Waals surface area contributed by atoms with Crippen LogP contribution in [0.15, 0.2) is 24.3 Å². The van der Waals surface area contributed by atoms with Crippen molar-refractivity contribution in [3.63, 3.8) is 0 Å². The molecule has 1 saturated carbocycles. The van der Waals surface area contributed by atoms with Gasteiger partial charge in [-0.3, -0.25) is 0 Å². The Balaban J connectivity index is 2.01. The zero-order valence-corrected chi connectivity index (χ0v) is 12.1. The van der Waals surface area contributed by atoms with Gasteiger partial charge in [0.05, 0.1) is 0 Å². The average molecular weight is 245 g/mol. The van der Waals surface area contributed by atoms with E-state index in [-0.39, 0.29) is 0 Å². The first-order valence-electron chi connectivity index (χ1n) is 7.48. The summed E-state index contributed by atoms with van der Waals surface area (Å²) < 4.78 is 0. The van der Waals surface area contributed by atoms with Crippen LogP contribution in [-0.4, -0.2) is 13.1 Å². The van der Waals surface area contributed by atoms with Crippen LogP contribution >= 0.6 is 0 Å². The van der Waals surface area contributed by atoms with Gasteiger partial charge in [-0.05, 0) is 62.1 Å². The molecule has 1 nitrogen and oxygen atoms in total. The lowest BCUT2D eigenvalue weighted by Gasteiger charge is -2.35. The van der Waals surface area contributed by atoms with E-state index >= 15 is 0 Å². The van der Waals surface area contributed by atoms with Crippen LogP contribution in [0.3, 0.4) is 0 Å². The third kappa shape index (κ3) is 3.35. The van der Waals surface area contributed by atoms with Gasteiger partial charge in [0, 0.05) is 6.04 Å². The fraction of sp³-hybridized carbons (Fsp3) is 0.647. The summed E-state index contributed by atoms with van der Waals surface area (Å²) in [6.45, 7) is 4.62. The Morgan fingerprint density at radius 1 is 1.11 bits per heavy atom. The second-order valence-corrected chi connectivity index (χ2v) is 5.95. The SMILES string of the molecule is CCc1ccc(CC2CC(C)CCC2NC)cc1. The third-order valence-corrected chi connectivity index (χ3v) is 4.54. The van der Waals surface area contributed by atoms with E-state index in [9.17, 15) is 0 Å². The minimum Gasteiger partial charge on any atom is -0.317 e. The minimum atomic E-state index is 0.715. The van der Waals surface area contributed by atoms with Gasteiger partial charge < -0.3 is 5.32 Å². The van der Waals surface area contributed by atoms with Gasteiger partial charge in [0.2, 0.25) is 0 Å². The van der Waals surface area contributed by atoms with Crippen LogP contribution in [0.5, 0.6) is 0 Å². The van der Waals surface area contributed by atoms with E-state index in [2.05, 4.69) is 50.5 Å². The van der Waals surface area contributed by atoms with Crippen LogP contribution in [0, 0.1) is 11.8 Å². The molecule has 1 aliphatic rings. The third-order valence-electron chi connectivity index (χ3n) is 4.54. The van der Waals surface area contributed by atoms with E-state index in [1.165, 1.54) is 36.8 Å². The maximum Gasteiger partial charge on any atom is 0.00957 e. The van der Waals surface area contributed by atoms with Crippen molar-refractivity contribution >= 4 is 0 Å². The molecule has 0 heterocycles. The summed E-state index contributed by atoms with van der Waals surface area (Å²) >= 11 is 0. The van der Waals surface area contributed by atoms with Crippen LogP contribution < -0.4 is 5.32 Å². The van der Waals surface area contributed by atoms with E-state index in [0.29, 0.717) is 6.04 Å². The summed E-state index contributed by atoms with van der Waals surface area (Å²) in [5, 5.41) is 3.52. The zero-order valence-electron chi connectivity index (χ0n) is 12.1. The molecule has 0 radical (unpaired) electrons. The van der Waals surface area contributed by atoms with Crippen molar-refractivity contribution in [2.75, 3.05) is 7.05 Å². The first-order valence-corrected chi connectivity index (χ1v) is 7.48. The molecule has 1 fully saturated rings. The molecule has 2 rings (SSSR count). The summed E-state index contributed by atoms with van der Waals surface area (Å²) in [5.41, 5.74) is 2.95. The molecule has 1 N–H and O–H groups in total. The van der Waals surface area contributed by atoms with E-state index in [0.717, 1.165) is 18.3 Å². The molecule has 0 amide bonds. The molecule has 1 heteroatoms. The van der Waals surface area contributed by atoms with Crippen LogP contribution in [0.2, 0.25) is 0 Å². The quantitative estimate of drug-likeness (QED) is 0.850. The van der Waals surface area contributed by atoms with E-state index < -0.39 is 0 Å². The Labute approximate surface area is 112 Å². The fourth-order valence-electron chi connectivity index (χ4n) is 3.32. The lowest BCUT2D eigenvalue weighted by molar-refractivity contribution is 0.220. The highest BCUT2D eigenvalue weighted by atomic mass is 14.9. The van der Waals surface area contributed by atoms with Gasteiger partial charge in [-0.15, -0.1) is 0 Å². The van der Waals surface area contributed by atoms with Crippen molar-refractivity contribution in [2.45, 2.75) is 52.0 Å². The summed E-state index contributed by atoms with van der Waals surface area (Å²) in [4.78, 5) is 0. The van der Waals surface area contributed by atoms with Crippen molar-refractivity contribution in [1.29, 1.82) is 0 Å². The van der Waals surface area contributed by atoms with Crippen LogP contribution in [-0.2, 0) is 12.8 Å². The Morgan fingerprint density at radius 2 is 1.78 bits per heavy atom. The standard InChI is InChI=1S/C17H27N/c1-4-14-6-8-15(9-7-14)12-16-11-13(2)5-10-17(16)18-3/h6-9,13,16-18H,4-5,10-12H2,1-3H3. The van der Waals surface area contributed by atoms with E-state index in [1.54, 1.807) is 0 Å². The number of nitrogens with one attached hydrogen (secondary N) is 1. The first kappa shape index (κ1) is 13.6. The lowest BCUT2D eigenvalue weighted by atomic mass is 9.76. The van der Waals surface area contributed by atoms with Crippen molar-refractivity contribution < 1.29 is 0 Å². The first-order chi connectivity index (χ1) is 8.72. The highest BCUT2D eigenvalue weighted by Gasteiger charge is 2.27. The van der Waals surface area contributed by atoms with Gasteiger partial charge >= 0.3 is 0 Å². The molecule has 1 aliphatic carbocycles. The highest BCUT2D eigenvalue weighted by Crippen LogP contribution is 2.31. The van der Waals surface area contributed by atoms with Crippen LogP contribution in [0.1, 0.15) is 44.2 Å². The fourth-order valence-corrected chi connectivity index (χ4v) is 3.32. The van der Waals surface area contributed by atoms with Crippen molar-refractivity contribution in [1.82, 2.24) is 5.32 Å². The summed E-state index contributed by atoms with van der Waals surface area (Å²) in [6.07, 6.45) is 6.48. The molecule has 3 atom stereocenters. The van der Waals surface area contributed by atoms with Gasteiger partial charge in [0.25, 0.3) is 0 Å². The van der Waals surface area contributed by atoms with Crippen molar-refractivity contribution in [2.24, 2.45) is 11.8 Å². The van der Waals surface area contributed by atoms with Gasteiger partial charge in [0.15, 0.2) is 0 Å². The molecule has 0 bridgehead atoms. The Hall–Kier alpha value is -0.820. The number of aryl methyl sites for hydroxylation is 1. The largest absolute Gasteiger partial charge is 0.317 e. The number of hydrogen-bond donors (Lipinski definition) is 1. The van der Waals surface area contributed by atoms with Crippen LogP contribution in [0.25, 0.3) is 0 Å². The smallest absolute Gasteiger partial charge is 0.00957 e. The molecule has 100 valence electrons. The molecule has 0 saturated heterocycles. The molecular weight excluding hydrogens is 218 g/mol.